The van der Waals surface area contributed by atoms with E-state index >= 15 is 0 Å². The Morgan fingerprint density at radius 2 is 1.90 bits per heavy atom. The van der Waals surface area contributed by atoms with Gasteiger partial charge in [-0.1, -0.05) is 30.3 Å². The van der Waals surface area contributed by atoms with Crippen LogP contribution in [0.2, 0.25) is 0 Å². The van der Waals surface area contributed by atoms with Gasteiger partial charge in [0.1, 0.15) is 5.56 Å². The number of pyridine rings is 1. The van der Waals surface area contributed by atoms with E-state index in [1.54, 1.807) is 24.4 Å². The fourth-order valence-corrected chi connectivity index (χ4v) is 3.19. The number of aliphatic hydroxyl groups is 1. The zero-order chi connectivity index (χ0) is 21.1. The summed E-state index contributed by atoms with van der Waals surface area (Å²) in [6, 6.07) is 18.5. The maximum Gasteiger partial charge on any atom is 0.261 e. The molecule has 2 heterocycles. The molecule has 150 valence electrons. The molecule has 0 aliphatic heterocycles. The summed E-state index contributed by atoms with van der Waals surface area (Å²) in [4.78, 5) is 22.0. The normalized spacial score (nSPS) is 11.6. The number of rotatable bonds is 4. The minimum atomic E-state index is -0.350. The highest BCUT2D eigenvalue weighted by atomic mass is 16.3. The van der Waals surface area contributed by atoms with Gasteiger partial charge in [0.25, 0.3) is 5.91 Å². The van der Waals surface area contributed by atoms with Crippen LogP contribution in [-0.2, 0) is 6.61 Å². The average molecular weight is 399 g/mol. The molecule has 0 unspecified atom stereocenters. The number of carbonyl (C=O) groups excluding carboxylic acids is 1. The van der Waals surface area contributed by atoms with Crippen molar-refractivity contribution in [1.82, 2.24) is 4.98 Å². The number of carbonyl (C=O) groups is 1. The topological polar surface area (TPSA) is 87.7 Å². The summed E-state index contributed by atoms with van der Waals surface area (Å²) < 4.78 is 6.07. The van der Waals surface area contributed by atoms with Gasteiger partial charge in [0.15, 0.2) is 5.58 Å². The minimum Gasteiger partial charge on any atom is -0.436 e. The number of aromatic nitrogens is 1. The van der Waals surface area contributed by atoms with Gasteiger partial charge in [-0.25, -0.2) is 4.99 Å². The predicted octanol–water partition coefficient (Wildman–Crippen LogP) is 4.42. The minimum absolute atomic E-state index is 0.182. The number of hydrogen-bond donors (Lipinski definition) is 2. The SMILES string of the molecule is Cc1cccc(N=c2oc3c(C)ncc(CO)c3cc2C(=O)Nc2ccccc2)c1. The fraction of sp³-hybridized carbons (Fsp3) is 0.125. The molecule has 0 aliphatic carbocycles. The van der Waals surface area contributed by atoms with E-state index in [1.807, 2.05) is 56.3 Å². The quantitative estimate of drug-likeness (QED) is 0.532. The summed E-state index contributed by atoms with van der Waals surface area (Å²) >= 11 is 0. The molecule has 6 heteroatoms. The zero-order valence-corrected chi connectivity index (χ0v) is 16.7. The van der Waals surface area contributed by atoms with E-state index in [0.29, 0.717) is 33.6 Å². The van der Waals surface area contributed by atoms with E-state index in [2.05, 4.69) is 15.3 Å². The van der Waals surface area contributed by atoms with Gasteiger partial charge in [-0.15, -0.1) is 0 Å². The molecule has 2 aromatic carbocycles. The molecule has 6 nitrogen and oxygen atoms in total. The van der Waals surface area contributed by atoms with Gasteiger partial charge in [-0.05, 0) is 49.7 Å². The monoisotopic (exact) mass is 399 g/mol. The Balaban J connectivity index is 1.94. The highest BCUT2D eigenvalue weighted by Crippen LogP contribution is 2.22. The molecule has 0 spiro atoms. The third kappa shape index (κ3) is 3.99. The number of benzene rings is 2. The highest BCUT2D eigenvalue weighted by molar-refractivity contribution is 6.05. The van der Waals surface area contributed by atoms with Gasteiger partial charge in [-0.2, -0.15) is 0 Å². The Hall–Kier alpha value is -3.77. The van der Waals surface area contributed by atoms with E-state index in [1.165, 1.54) is 0 Å². The van der Waals surface area contributed by atoms with Gasteiger partial charge in [0, 0.05) is 22.8 Å². The molecule has 0 atom stereocenters. The van der Waals surface area contributed by atoms with Gasteiger partial charge in [0.05, 0.1) is 18.0 Å². The number of aryl methyl sites for hydroxylation is 2. The van der Waals surface area contributed by atoms with Crippen molar-refractivity contribution >= 4 is 28.3 Å². The molecule has 4 aromatic rings. The van der Waals surface area contributed by atoms with E-state index in [0.717, 1.165) is 5.56 Å². The van der Waals surface area contributed by atoms with E-state index < -0.39 is 0 Å². The van der Waals surface area contributed by atoms with Crippen LogP contribution in [0.25, 0.3) is 11.0 Å². The molecule has 30 heavy (non-hydrogen) atoms. The molecule has 1 amide bonds. The first-order valence-corrected chi connectivity index (χ1v) is 9.56. The molecule has 0 saturated heterocycles. The van der Waals surface area contributed by atoms with Crippen molar-refractivity contribution in [3.8, 4) is 0 Å². The van der Waals surface area contributed by atoms with Crippen molar-refractivity contribution < 1.29 is 14.3 Å². The Bertz CT molecular complexity index is 1290. The Labute approximate surface area is 173 Å². The van der Waals surface area contributed by atoms with E-state index in [4.69, 9.17) is 4.42 Å². The summed E-state index contributed by atoms with van der Waals surface area (Å²) in [5, 5.41) is 13.2. The van der Waals surface area contributed by atoms with Crippen molar-refractivity contribution in [2.24, 2.45) is 4.99 Å². The second kappa shape index (κ2) is 8.31. The molecular formula is C24H21N3O3. The molecule has 0 aliphatic rings. The predicted molar refractivity (Wildman–Crippen MR) is 115 cm³/mol. The Morgan fingerprint density at radius 1 is 1.10 bits per heavy atom. The van der Waals surface area contributed by atoms with Crippen molar-refractivity contribution in [3.05, 3.63) is 94.8 Å². The Morgan fingerprint density at radius 3 is 2.63 bits per heavy atom. The van der Waals surface area contributed by atoms with Gasteiger partial charge >= 0.3 is 0 Å². The number of nitrogens with zero attached hydrogens (tertiary/aromatic N) is 2. The van der Waals surface area contributed by atoms with E-state index in [9.17, 15) is 9.90 Å². The summed E-state index contributed by atoms with van der Waals surface area (Å²) in [5.74, 6) is -0.350. The largest absolute Gasteiger partial charge is 0.436 e. The first kappa shape index (κ1) is 19.5. The lowest BCUT2D eigenvalue weighted by atomic mass is 10.1. The summed E-state index contributed by atoms with van der Waals surface area (Å²) in [6.07, 6.45) is 1.59. The number of anilines is 1. The lowest BCUT2D eigenvalue weighted by Gasteiger charge is -2.10. The number of hydrogen-bond acceptors (Lipinski definition) is 5. The maximum absolute atomic E-state index is 13.1. The highest BCUT2D eigenvalue weighted by Gasteiger charge is 2.16. The third-order valence-electron chi connectivity index (χ3n) is 4.73. The summed E-state index contributed by atoms with van der Waals surface area (Å²) in [5.41, 5.74) is 4.56. The average Bonchev–Trinajstić information content (AvgIpc) is 2.75. The molecule has 0 saturated carbocycles. The molecule has 2 aromatic heterocycles. The molecule has 0 radical (unpaired) electrons. The van der Waals surface area contributed by atoms with Crippen LogP contribution in [0, 0.1) is 13.8 Å². The standard InChI is InChI=1S/C24H21N3O3/c1-15-7-6-10-19(11-15)27-24-21(23(29)26-18-8-4-3-5-9-18)12-20-17(14-28)13-25-16(2)22(20)30-24/h3-13,28H,14H2,1-2H3,(H,26,29). The van der Waals surface area contributed by atoms with Gasteiger partial charge < -0.3 is 14.8 Å². The van der Waals surface area contributed by atoms with Crippen LogP contribution in [0.15, 0.2) is 76.3 Å². The van der Waals surface area contributed by atoms with Crippen molar-refractivity contribution in [2.75, 3.05) is 5.32 Å². The lowest BCUT2D eigenvalue weighted by molar-refractivity contribution is 0.102. The first-order chi connectivity index (χ1) is 14.5. The molecule has 0 bridgehead atoms. The zero-order valence-electron chi connectivity index (χ0n) is 16.7. The summed E-state index contributed by atoms with van der Waals surface area (Å²) in [7, 11) is 0. The smallest absolute Gasteiger partial charge is 0.261 e. The number of aliphatic hydroxyl groups excluding tert-OH is 1. The number of para-hydroxylation sites is 1. The molecule has 0 fully saturated rings. The lowest BCUT2D eigenvalue weighted by Crippen LogP contribution is -2.22. The second-order valence-electron chi connectivity index (χ2n) is 7.01. The van der Waals surface area contributed by atoms with Crippen LogP contribution < -0.4 is 10.9 Å². The van der Waals surface area contributed by atoms with Crippen LogP contribution in [-0.4, -0.2) is 16.0 Å². The molecule has 4 rings (SSSR count). The first-order valence-electron chi connectivity index (χ1n) is 9.56. The summed E-state index contributed by atoms with van der Waals surface area (Å²) in [6.45, 7) is 3.57. The van der Waals surface area contributed by atoms with Crippen molar-refractivity contribution in [2.45, 2.75) is 20.5 Å². The van der Waals surface area contributed by atoms with Crippen LogP contribution in [0.3, 0.4) is 0 Å². The van der Waals surface area contributed by atoms with Crippen LogP contribution >= 0.6 is 0 Å². The number of amides is 1. The van der Waals surface area contributed by atoms with Crippen molar-refractivity contribution in [3.63, 3.8) is 0 Å². The Kier molecular flexibility index (Phi) is 5.41. The molecular weight excluding hydrogens is 378 g/mol. The van der Waals surface area contributed by atoms with Gasteiger partial charge in [-0.3, -0.25) is 9.78 Å². The van der Waals surface area contributed by atoms with E-state index in [-0.39, 0.29) is 23.6 Å². The number of nitrogens with one attached hydrogen (secondary N) is 1. The van der Waals surface area contributed by atoms with Crippen LogP contribution in [0.5, 0.6) is 0 Å². The number of fused-ring (bicyclic) bond motifs is 1. The third-order valence-corrected chi connectivity index (χ3v) is 4.73. The van der Waals surface area contributed by atoms with Crippen LogP contribution in [0.1, 0.15) is 27.2 Å². The maximum atomic E-state index is 13.1. The van der Waals surface area contributed by atoms with Crippen LogP contribution in [0.4, 0.5) is 11.4 Å². The fourth-order valence-electron chi connectivity index (χ4n) is 3.19. The molecule has 2 N–H and O–H groups in total. The second-order valence-corrected chi connectivity index (χ2v) is 7.01. The van der Waals surface area contributed by atoms with Crippen molar-refractivity contribution in [1.29, 1.82) is 0 Å². The van der Waals surface area contributed by atoms with Gasteiger partial charge in [0.2, 0.25) is 5.55 Å².